The molecule has 3 heteroatoms. The van der Waals surface area contributed by atoms with Gasteiger partial charge in [0.15, 0.2) is 17.3 Å². The predicted molar refractivity (Wildman–Crippen MR) is 94.9 cm³/mol. The van der Waals surface area contributed by atoms with Gasteiger partial charge in [-0.05, 0) is 11.6 Å². The summed E-state index contributed by atoms with van der Waals surface area (Å²) in [6.07, 6.45) is 0. The maximum atomic E-state index is 12.5. The molecule has 120 valence electrons. The van der Waals surface area contributed by atoms with Gasteiger partial charge in [-0.3, -0.25) is 4.79 Å². The van der Waals surface area contributed by atoms with Gasteiger partial charge in [0.25, 0.3) is 0 Å². The van der Waals surface area contributed by atoms with Gasteiger partial charge in [-0.1, -0.05) is 66.7 Å². The third-order valence-corrected chi connectivity index (χ3v) is 3.90. The van der Waals surface area contributed by atoms with E-state index in [1.165, 1.54) is 0 Å². The Bertz CT molecular complexity index is 837. The Hall–Kier alpha value is -3.07. The average molecular weight is 318 g/mol. The summed E-state index contributed by atoms with van der Waals surface area (Å²) in [7, 11) is 3.23. The lowest BCUT2D eigenvalue weighted by atomic mass is 9.99. The Morgan fingerprint density at radius 3 is 2.00 bits per heavy atom. The summed E-state index contributed by atoms with van der Waals surface area (Å²) in [4.78, 5) is 12.5. The molecule has 3 nitrogen and oxygen atoms in total. The maximum absolute atomic E-state index is 12.5. The average Bonchev–Trinajstić information content (AvgIpc) is 2.67. The second kappa shape index (κ2) is 7.01. The van der Waals surface area contributed by atoms with Crippen LogP contribution in [0.5, 0.6) is 11.5 Å². The van der Waals surface area contributed by atoms with Crippen LogP contribution in [0.2, 0.25) is 0 Å². The molecule has 0 aliphatic carbocycles. The largest absolute Gasteiger partial charge is 0.493 e. The van der Waals surface area contributed by atoms with Crippen LogP contribution >= 0.6 is 0 Å². The van der Waals surface area contributed by atoms with Crippen LogP contribution in [-0.2, 0) is 0 Å². The van der Waals surface area contributed by atoms with Gasteiger partial charge in [0.2, 0.25) is 0 Å². The first-order valence-electron chi connectivity index (χ1n) is 7.65. The van der Waals surface area contributed by atoms with E-state index in [0.29, 0.717) is 22.6 Å². The van der Waals surface area contributed by atoms with Crippen LogP contribution < -0.4 is 9.47 Å². The number of methoxy groups -OCH3 is 2. The Balaban J connectivity index is 1.95. The van der Waals surface area contributed by atoms with Gasteiger partial charge in [0.1, 0.15) is 0 Å². The van der Waals surface area contributed by atoms with Gasteiger partial charge in [-0.15, -0.1) is 0 Å². The van der Waals surface area contributed by atoms with Gasteiger partial charge < -0.3 is 9.47 Å². The fourth-order valence-electron chi connectivity index (χ4n) is 2.67. The molecule has 0 aromatic heterocycles. The van der Waals surface area contributed by atoms with Crippen molar-refractivity contribution in [2.24, 2.45) is 0 Å². The fraction of sp³-hybridized carbons (Fsp3) is 0.0952. The lowest BCUT2D eigenvalue weighted by molar-refractivity contribution is 0.103. The third-order valence-electron chi connectivity index (χ3n) is 3.90. The fourth-order valence-corrected chi connectivity index (χ4v) is 2.67. The van der Waals surface area contributed by atoms with Crippen LogP contribution in [0.15, 0.2) is 72.8 Å². The molecule has 3 aromatic carbocycles. The SMILES string of the molecule is COc1cccc(-c2ccc(C(=O)c3ccccc3)cc2)c1OC. The number of carbonyl (C=O) groups excluding carboxylic acids is 1. The number of hydrogen-bond acceptors (Lipinski definition) is 3. The highest BCUT2D eigenvalue weighted by molar-refractivity contribution is 6.09. The molecule has 3 aromatic rings. The van der Waals surface area contributed by atoms with Crippen molar-refractivity contribution in [3.05, 3.63) is 83.9 Å². The molecule has 0 aliphatic rings. The second-order valence-corrected chi connectivity index (χ2v) is 5.31. The number of carbonyl (C=O) groups is 1. The van der Waals surface area contributed by atoms with Gasteiger partial charge in [-0.2, -0.15) is 0 Å². The van der Waals surface area contributed by atoms with E-state index in [1.807, 2.05) is 72.8 Å². The molecular weight excluding hydrogens is 300 g/mol. The smallest absolute Gasteiger partial charge is 0.193 e. The van der Waals surface area contributed by atoms with E-state index < -0.39 is 0 Å². The zero-order chi connectivity index (χ0) is 16.9. The molecule has 0 amide bonds. The highest BCUT2D eigenvalue weighted by atomic mass is 16.5. The molecule has 24 heavy (non-hydrogen) atoms. The molecule has 0 radical (unpaired) electrons. The summed E-state index contributed by atoms with van der Waals surface area (Å²) in [6, 6.07) is 22.5. The molecule has 0 unspecified atom stereocenters. The minimum Gasteiger partial charge on any atom is -0.493 e. The number of ether oxygens (including phenoxy) is 2. The number of rotatable bonds is 5. The van der Waals surface area contributed by atoms with Crippen LogP contribution in [0.3, 0.4) is 0 Å². The Kier molecular flexibility index (Phi) is 4.62. The van der Waals surface area contributed by atoms with Gasteiger partial charge in [0, 0.05) is 16.7 Å². The molecular formula is C21H18O3. The first-order chi connectivity index (χ1) is 11.7. The zero-order valence-electron chi connectivity index (χ0n) is 13.7. The number of benzene rings is 3. The molecule has 0 bridgehead atoms. The van der Waals surface area contributed by atoms with Crippen molar-refractivity contribution in [3.63, 3.8) is 0 Å². The first-order valence-corrected chi connectivity index (χ1v) is 7.65. The minimum atomic E-state index is 0.0137. The van der Waals surface area contributed by atoms with Crippen LogP contribution in [0.25, 0.3) is 11.1 Å². The Morgan fingerprint density at radius 2 is 1.38 bits per heavy atom. The van der Waals surface area contributed by atoms with Crippen LogP contribution in [0.4, 0.5) is 0 Å². The van der Waals surface area contributed by atoms with Crippen molar-refractivity contribution in [1.82, 2.24) is 0 Å². The lowest BCUT2D eigenvalue weighted by Gasteiger charge is -2.13. The summed E-state index contributed by atoms with van der Waals surface area (Å²) in [5.41, 5.74) is 3.24. The van der Waals surface area contributed by atoms with E-state index in [4.69, 9.17) is 9.47 Å². The summed E-state index contributed by atoms with van der Waals surface area (Å²) in [5.74, 6) is 1.38. The van der Waals surface area contributed by atoms with Gasteiger partial charge in [0.05, 0.1) is 14.2 Å². The standard InChI is InChI=1S/C21H18O3/c1-23-19-10-6-9-18(21(19)24-2)15-11-13-17(14-12-15)20(22)16-7-4-3-5-8-16/h3-14H,1-2H3. The van der Waals surface area contributed by atoms with E-state index in [0.717, 1.165) is 11.1 Å². The van der Waals surface area contributed by atoms with E-state index in [9.17, 15) is 4.79 Å². The van der Waals surface area contributed by atoms with E-state index >= 15 is 0 Å². The number of para-hydroxylation sites is 1. The van der Waals surface area contributed by atoms with Gasteiger partial charge in [-0.25, -0.2) is 0 Å². The normalized spacial score (nSPS) is 10.2. The van der Waals surface area contributed by atoms with E-state index in [-0.39, 0.29) is 5.78 Å². The highest BCUT2D eigenvalue weighted by Gasteiger charge is 2.13. The minimum absolute atomic E-state index is 0.0137. The first kappa shape index (κ1) is 15.8. The third kappa shape index (κ3) is 3.01. The Labute approximate surface area is 141 Å². The van der Waals surface area contributed by atoms with Crippen LogP contribution in [0.1, 0.15) is 15.9 Å². The quantitative estimate of drug-likeness (QED) is 0.645. The Morgan fingerprint density at radius 1 is 0.708 bits per heavy atom. The molecule has 0 aliphatic heterocycles. The predicted octanol–water partition coefficient (Wildman–Crippen LogP) is 4.60. The van der Waals surface area contributed by atoms with Crippen molar-refractivity contribution in [2.75, 3.05) is 14.2 Å². The van der Waals surface area contributed by atoms with Crippen LogP contribution in [-0.4, -0.2) is 20.0 Å². The van der Waals surface area contributed by atoms with Gasteiger partial charge >= 0.3 is 0 Å². The summed E-state index contributed by atoms with van der Waals surface area (Å²) < 4.78 is 10.8. The highest BCUT2D eigenvalue weighted by Crippen LogP contribution is 2.37. The molecule has 0 N–H and O–H groups in total. The topological polar surface area (TPSA) is 35.5 Å². The lowest BCUT2D eigenvalue weighted by Crippen LogP contribution is -2.00. The van der Waals surface area contributed by atoms with Crippen LogP contribution in [0, 0.1) is 0 Å². The summed E-state index contributed by atoms with van der Waals surface area (Å²) >= 11 is 0. The molecule has 3 rings (SSSR count). The number of hydrogen-bond donors (Lipinski definition) is 0. The molecule has 0 fully saturated rings. The van der Waals surface area contributed by atoms with E-state index in [2.05, 4.69) is 0 Å². The van der Waals surface area contributed by atoms with E-state index in [1.54, 1.807) is 14.2 Å². The second-order valence-electron chi connectivity index (χ2n) is 5.31. The molecule has 0 saturated carbocycles. The van der Waals surface area contributed by atoms with Crippen molar-refractivity contribution in [2.45, 2.75) is 0 Å². The van der Waals surface area contributed by atoms with Crippen molar-refractivity contribution >= 4 is 5.78 Å². The molecule has 0 heterocycles. The monoisotopic (exact) mass is 318 g/mol. The van der Waals surface area contributed by atoms with Crippen molar-refractivity contribution in [3.8, 4) is 22.6 Å². The molecule has 0 atom stereocenters. The molecule has 0 spiro atoms. The summed E-state index contributed by atoms with van der Waals surface area (Å²) in [6.45, 7) is 0. The zero-order valence-corrected chi connectivity index (χ0v) is 13.7. The van der Waals surface area contributed by atoms with Crippen molar-refractivity contribution < 1.29 is 14.3 Å². The maximum Gasteiger partial charge on any atom is 0.193 e. The number of ketones is 1. The summed E-state index contributed by atoms with van der Waals surface area (Å²) in [5, 5.41) is 0. The van der Waals surface area contributed by atoms with Crippen molar-refractivity contribution in [1.29, 1.82) is 0 Å². The molecule has 0 saturated heterocycles.